The summed E-state index contributed by atoms with van der Waals surface area (Å²) in [5.41, 5.74) is 0. The summed E-state index contributed by atoms with van der Waals surface area (Å²) in [6, 6.07) is 0. The zero-order chi connectivity index (χ0) is 17.0. The van der Waals surface area contributed by atoms with Crippen LogP contribution in [-0.4, -0.2) is 13.1 Å². The van der Waals surface area contributed by atoms with Crippen molar-refractivity contribution in [2.45, 2.75) is 84.0 Å². The Kier molecular flexibility index (Phi) is 17.7. The van der Waals surface area contributed by atoms with Gasteiger partial charge in [-0.3, -0.25) is 4.79 Å². The van der Waals surface area contributed by atoms with Gasteiger partial charge in [-0.2, -0.15) is 0 Å². The topological polar surface area (TPSA) is 26.3 Å². The molecule has 0 atom stereocenters. The molecule has 0 amide bonds. The molecule has 0 aliphatic rings. The average Bonchev–Trinajstić information content (AvgIpc) is 2.57. The summed E-state index contributed by atoms with van der Waals surface area (Å²) in [7, 11) is 1.45. The normalized spacial score (nSPS) is 11.9. The molecule has 23 heavy (non-hydrogen) atoms. The number of carbonyl (C=O) groups excluding carboxylic acids is 1. The average molecular weight is 321 g/mol. The molecule has 2 nitrogen and oxygen atoms in total. The molecule has 0 rings (SSSR count). The van der Waals surface area contributed by atoms with Crippen molar-refractivity contribution < 1.29 is 9.53 Å². The van der Waals surface area contributed by atoms with Gasteiger partial charge in [0.05, 0.1) is 7.11 Å². The Hall–Kier alpha value is -1.31. The zero-order valence-corrected chi connectivity index (χ0v) is 15.3. The van der Waals surface area contributed by atoms with Crippen molar-refractivity contribution >= 4 is 5.97 Å². The van der Waals surface area contributed by atoms with Crippen LogP contribution in [0.25, 0.3) is 0 Å². The van der Waals surface area contributed by atoms with Gasteiger partial charge in [-0.1, -0.05) is 69.1 Å². The van der Waals surface area contributed by atoms with Gasteiger partial charge in [0, 0.05) is 6.42 Å². The molecule has 0 saturated heterocycles. The zero-order valence-electron chi connectivity index (χ0n) is 15.3. The van der Waals surface area contributed by atoms with Gasteiger partial charge in [0.25, 0.3) is 0 Å². The minimum absolute atomic E-state index is 0.0903. The summed E-state index contributed by atoms with van der Waals surface area (Å²) < 4.78 is 4.62. The van der Waals surface area contributed by atoms with Crippen LogP contribution in [0.5, 0.6) is 0 Å². The Labute approximate surface area is 143 Å². The van der Waals surface area contributed by atoms with Crippen molar-refractivity contribution in [3.63, 3.8) is 0 Å². The number of allylic oxidation sites excluding steroid dienone is 6. The summed E-state index contributed by atoms with van der Waals surface area (Å²) in [6.07, 6.45) is 27.0. The van der Waals surface area contributed by atoms with Crippen LogP contribution in [0.15, 0.2) is 36.5 Å². The maximum absolute atomic E-state index is 10.9. The van der Waals surface area contributed by atoms with E-state index in [0.717, 1.165) is 32.1 Å². The van der Waals surface area contributed by atoms with E-state index in [0.29, 0.717) is 6.42 Å². The molecule has 0 aliphatic carbocycles. The number of hydrogen-bond donors (Lipinski definition) is 0. The number of ether oxygens (including phenoxy) is 1. The largest absolute Gasteiger partial charge is 0.469 e. The first-order valence-electron chi connectivity index (χ1n) is 9.33. The van der Waals surface area contributed by atoms with Gasteiger partial charge in [-0.05, 0) is 44.9 Å². The van der Waals surface area contributed by atoms with E-state index in [-0.39, 0.29) is 5.97 Å². The quantitative estimate of drug-likeness (QED) is 0.195. The van der Waals surface area contributed by atoms with E-state index in [9.17, 15) is 4.79 Å². The minimum atomic E-state index is -0.0903. The summed E-state index contributed by atoms with van der Waals surface area (Å²) in [4.78, 5) is 10.9. The summed E-state index contributed by atoms with van der Waals surface area (Å²) >= 11 is 0. The number of hydrogen-bond acceptors (Lipinski definition) is 2. The van der Waals surface area contributed by atoms with Gasteiger partial charge in [0.2, 0.25) is 0 Å². The molecule has 0 aromatic rings. The maximum Gasteiger partial charge on any atom is 0.305 e. The highest BCUT2D eigenvalue weighted by atomic mass is 16.5. The molecule has 0 aliphatic heterocycles. The van der Waals surface area contributed by atoms with Crippen LogP contribution in [0.1, 0.15) is 84.0 Å². The second-order valence-electron chi connectivity index (χ2n) is 5.91. The third kappa shape index (κ3) is 18.6. The molecule has 0 N–H and O–H groups in total. The van der Waals surface area contributed by atoms with Crippen LogP contribution >= 0.6 is 0 Å². The molecule has 132 valence electrons. The van der Waals surface area contributed by atoms with Gasteiger partial charge in [0.1, 0.15) is 0 Å². The van der Waals surface area contributed by atoms with Crippen molar-refractivity contribution in [2.75, 3.05) is 7.11 Å². The first-order chi connectivity index (χ1) is 11.3. The summed E-state index contributed by atoms with van der Waals surface area (Å²) in [5.74, 6) is -0.0903. The molecule has 0 fully saturated rings. The Morgan fingerprint density at radius 2 is 1.26 bits per heavy atom. The van der Waals surface area contributed by atoms with Crippen LogP contribution < -0.4 is 0 Å². The predicted octanol–water partition coefficient (Wildman–Crippen LogP) is 6.53. The van der Waals surface area contributed by atoms with E-state index in [1.165, 1.54) is 45.6 Å². The third-order valence-electron chi connectivity index (χ3n) is 3.75. The van der Waals surface area contributed by atoms with E-state index in [1.54, 1.807) is 0 Å². The molecular formula is C21H36O2. The SMILES string of the molecule is CCCCCC=CCC=CC/C=C\CCCCCCC(=O)OC. The van der Waals surface area contributed by atoms with E-state index in [2.05, 4.69) is 48.1 Å². The number of rotatable bonds is 15. The van der Waals surface area contributed by atoms with E-state index in [4.69, 9.17) is 0 Å². The van der Waals surface area contributed by atoms with Crippen molar-refractivity contribution in [1.29, 1.82) is 0 Å². The minimum Gasteiger partial charge on any atom is -0.469 e. The number of methoxy groups -OCH3 is 1. The second-order valence-corrected chi connectivity index (χ2v) is 5.91. The second kappa shape index (κ2) is 18.7. The molecule has 0 heterocycles. The molecule has 0 spiro atoms. The number of esters is 1. The lowest BCUT2D eigenvalue weighted by Gasteiger charge is -1.99. The third-order valence-corrected chi connectivity index (χ3v) is 3.75. The fraction of sp³-hybridized carbons (Fsp3) is 0.667. The molecule has 2 heteroatoms. The molecule has 0 saturated carbocycles. The highest BCUT2D eigenvalue weighted by molar-refractivity contribution is 5.68. The van der Waals surface area contributed by atoms with Crippen LogP contribution in [0, 0.1) is 0 Å². The van der Waals surface area contributed by atoms with Crippen LogP contribution in [-0.2, 0) is 9.53 Å². The van der Waals surface area contributed by atoms with Crippen LogP contribution in [0.3, 0.4) is 0 Å². The Morgan fingerprint density at radius 1 is 0.739 bits per heavy atom. The van der Waals surface area contributed by atoms with Gasteiger partial charge in [-0.15, -0.1) is 0 Å². The summed E-state index contributed by atoms with van der Waals surface area (Å²) in [5, 5.41) is 0. The fourth-order valence-corrected chi connectivity index (χ4v) is 2.28. The van der Waals surface area contributed by atoms with Crippen molar-refractivity contribution in [1.82, 2.24) is 0 Å². The van der Waals surface area contributed by atoms with Gasteiger partial charge in [0.15, 0.2) is 0 Å². The molecular weight excluding hydrogens is 284 g/mol. The molecule has 0 aromatic carbocycles. The Balaban J connectivity index is 3.30. The Morgan fingerprint density at radius 3 is 1.83 bits per heavy atom. The number of unbranched alkanes of at least 4 members (excludes halogenated alkanes) is 7. The smallest absolute Gasteiger partial charge is 0.305 e. The lowest BCUT2D eigenvalue weighted by molar-refractivity contribution is -0.140. The molecule has 0 unspecified atom stereocenters. The van der Waals surface area contributed by atoms with Gasteiger partial charge in [-0.25, -0.2) is 0 Å². The first-order valence-corrected chi connectivity index (χ1v) is 9.33. The Bertz CT molecular complexity index is 340. The number of carbonyl (C=O) groups is 1. The van der Waals surface area contributed by atoms with E-state index >= 15 is 0 Å². The van der Waals surface area contributed by atoms with Crippen LogP contribution in [0.2, 0.25) is 0 Å². The van der Waals surface area contributed by atoms with E-state index < -0.39 is 0 Å². The molecule has 0 bridgehead atoms. The predicted molar refractivity (Wildman–Crippen MR) is 101 cm³/mol. The van der Waals surface area contributed by atoms with Gasteiger partial charge >= 0.3 is 5.97 Å². The highest BCUT2D eigenvalue weighted by Gasteiger charge is 1.98. The van der Waals surface area contributed by atoms with Crippen molar-refractivity contribution in [3.05, 3.63) is 36.5 Å². The highest BCUT2D eigenvalue weighted by Crippen LogP contribution is 2.07. The van der Waals surface area contributed by atoms with E-state index in [1.807, 2.05) is 0 Å². The monoisotopic (exact) mass is 320 g/mol. The molecule has 0 radical (unpaired) electrons. The lowest BCUT2D eigenvalue weighted by Crippen LogP contribution is -1.98. The standard InChI is InChI=1S/C21H36O2/c1-3-4-5-6-7-8-9-10-11-12-13-14-15-16-17-18-19-20-21(22)23-2/h7-8,10-11,13-14H,3-6,9,12,15-20H2,1-2H3/b8-7?,11-10?,14-13-. The van der Waals surface area contributed by atoms with Crippen LogP contribution in [0.4, 0.5) is 0 Å². The fourth-order valence-electron chi connectivity index (χ4n) is 2.28. The van der Waals surface area contributed by atoms with Crippen molar-refractivity contribution in [2.24, 2.45) is 0 Å². The van der Waals surface area contributed by atoms with Gasteiger partial charge < -0.3 is 4.74 Å². The summed E-state index contributed by atoms with van der Waals surface area (Å²) in [6.45, 7) is 2.24. The van der Waals surface area contributed by atoms with Crippen molar-refractivity contribution in [3.8, 4) is 0 Å². The maximum atomic E-state index is 10.9. The first kappa shape index (κ1) is 21.7. The lowest BCUT2D eigenvalue weighted by atomic mass is 10.1. The molecule has 0 aromatic heterocycles.